The van der Waals surface area contributed by atoms with Crippen LogP contribution in [0.3, 0.4) is 0 Å². The van der Waals surface area contributed by atoms with Crippen molar-refractivity contribution in [3.63, 3.8) is 0 Å². The average Bonchev–Trinajstić information content (AvgIpc) is 2.17. The van der Waals surface area contributed by atoms with Gasteiger partial charge in [-0.15, -0.1) is 0 Å². The van der Waals surface area contributed by atoms with Crippen LogP contribution < -0.4 is 0 Å². The summed E-state index contributed by atoms with van der Waals surface area (Å²) in [6.07, 6.45) is 2.41. The van der Waals surface area contributed by atoms with E-state index in [0.717, 1.165) is 12.8 Å². The molecule has 5 nitrogen and oxygen atoms in total. The van der Waals surface area contributed by atoms with Crippen LogP contribution in [0, 0.1) is 0 Å². The van der Waals surface area contributed by atoms with Crippen molar-refractivity contribution < 1.29 is 18.3 Å². The van der Waals surface area contributed by atoms with Crippen molar-refractivity contribution in [3.8, 4) is 0 Å². The molecular weight excluding hydrogens is 230 g/mol. The van der Waals surface area contributed by atoms with E-state index in [9.17, 15) is 18.3 Å². The highest BCUT2D eigenvalue weighted by Gasteiger charge is 2.46. The lowest BCUT2D eigenvalue weighted by Crippen LogP contribution is -2.57. The number of aliphatic carboxylic acids is 1. The van der Waals surface area contributed by atoms with Crippen molar-refractivity contribution in [1.29, 1.82) is 0 Å². The third-order valence-corrected chi connectivity index (χ3v) is 5.27. The fraction of sp³-hybridized carbons (Fsp3) is 0.900. The Morgan fingerprint density at radius 3 is 2.56 bits per heavy atom. The first kappa shape index (κ1) is 13.4. The van der Waals surface area contributed by atoms with Gasteiger partial charge in [0.25, 0.3) is 0 Å². The first-order valence-corrected chi connectivity index (χ1v) is 7.19. The molecule has 0 bridgehead atoms. The van der Waals surface area contributed by atoms with Crippen LogP contribution >= 0.6 is 0 Å². The van der Waals surface area contributed by atoms with E-state index in [2.05, 4.69) is 0 Å². The van der Waals surface area contributed by atoms with Crippen molar-refractivity contribution in [1.82, 2.24) is 4.31 Å². The topological polar surface area (TPSA) is 74.7 Å². The number of rotatable bonds is 4. The second-order valence-electron chi connectivity index (χ2n) is 4.42. The molecule has 1 aliphatic heterocycles. The van der Waals surface area contributed by atoms with Crippen molar-refractivity contribution in [2.75, 3.05) is 12.3 Å². The van der Waals surface area contributed by atoms with E-state index in [-0.39, 0.29) is 5.75 Å². The smallest absolute Gasteiger partial charge is 0.324 e. The van der Waals surface area contributed by atoms with Gasteiger partial charge in [0.2, 0.25) is 10.0 Å². The number of hydrogen-bond donors (Lipinski definition) is 1. The summed E-state index contributed by atoms with van der Waals surface area (Å²) in [5, 5.41) is 9.19. The molecule has 1 unspecified atom stereocenters. The van der Waals surface area contributed by atoms with Crippen LogP contribution in [0.2, 0.25) is 0 Å². The molecule has 1 heterocycles. The SMILES string of the molecule is CCCS(=O)(=O)N1CCCCC1(C)C(=O)O. The minimum absolute atomic E-state index is 0.0237. The second kappa shape index (κ2) is 4.71. The van der Waals surface area contributed by atoms with Gasteiger partial charge in [0.15, 0.2) is 0 Å². The molecule has 0 saturated carbocycles. The molecule has 0 spiro atoms. The molecule has 0 amide bonds. The summed E-state index contributed by atoms with van der Waals surface area (Å²) in [5.41, 5.74) is -1.26. The zero-order valence-corrected chi connectivity index (χ0v) is 10.6. The molecule has 1 N–H and O–H groups in total. The lowest BCUT2D eigenvalue weighted by molar-refractivity contribution is -0.149. The maximum atomic E-state index is 12.0. The van der Waals surface area contributed by atoms with Crippen LogP contribution in [0.15, 0.2) is 0 Å². The standard InChI is InChI=1S/C10H19NO4S/c1-3-8-16(14,15)11-7-5-4-6-10(11,2)9(12)13/h3-8H2,1-2H3,(H,12,13). The monoisotopic (exact) mass is 249 g/mol. The van der Waals surface area contributed by atoms with Gasteiger partial charge in [-0.3, -0.25) is 4.79 Å². The number of sulfonamides is 1. The van der Waals surface area contributed by atoms with Crippen molar-refractivity contribution >= 4 is 16.0 Å². The van der Waals surface area contributed by atoms with Gasteiger partial charge in [0.1, 0.15) is 5.54 Å². The summed E-state index contributed by atoms with van der Waals surface area (Å²) in [5.74, 6) is -1.03. The summed E-state index contributed by atoms with van der Waals surface area (Å²) in [6, 6.07) is 0. The van der Waals surface area contributed by atoms with Crippen LogP contribution in [0.1, 0.15) is 39.5 Å². The van der Waals surface area contributed by atoms with Crippen LogP contribution in [-0.4, -0.2) is 41.6 Å². The Morgan fingerprint density at radius 1 is 1.44 bits per heavy atom. The van der Waals surface area contributed by atoms with E-state index < -0.39 is 21.5 Å². The normalized spacial score (nSPS) is 27.9. The van der Waals surface area contributed by atoms with Gasteiger partial charge >= 0.3 is 5.97 Å². The fourth-order valence-electron chi connectivity index (χ4n) is 2.12. The first-order chi connectivity index (χ1) is 7.34. The Labute approximate surface area is 96.5 Å². The number of carboxylic acid groups (broad SMARTS) is 1. The van der Waals surface area contributed by atoms with Gasteiger partial charge in [0.05, 0.1) is 5.75 Å². The Hall–Kier alpha value is -0.620. The first-order valence-electron chi connectivity index (χ1n) is 5.58. The number of piperidine rings is 1. The molecule has 1 saturated heterocycles. The molecule has 0 aromatic rings. The quantitative estimate of drug-likeness (QED) is 0.808. The molecule has 94 valence electrons. The molecule has 0 aromatic heterocycles. The van der Waals surface area contributed by atoms with Crippen molar-refractivity contribution in [2.24, 2.45) is 0 Å². The van der Waals surface area contributed by atoms with E-state index in [1.165, 1.54) is 11.2 Å². The molecule has 1 rings (SSSR count). The van der Waals surface area contributed by atoms with Crippen LogP contribution in [-0.2, 0) is 14.8 Å². The summed E-state index contributed by atoms with van der Waals surface area (Å²) < 4.78 is 25.1. The number of carbonyl (C=O) groups is 1. The predicted octanol–water partition coefficient (Wildman–Crippen LogP) is 1.06. The maximum absolute atomic E-state index is 12.0. The number of nitrogens with zero attached hydrogens (tertiary/aromatic N) is 1. The summed E-state index contributed by atoms with van der Waals surface area (Å²) >= 11 is 0. The molecule has 16 heavy (non-hydrogen) atoms. The van der Waals surface area contributed by atoms with Gasteiger partial charge in [-0.1, -0.05) is 6.92 Å². The Bertz CT molecular complexity index is 365. The van der Waals surface area contributed by atoms with Gasteiger partial charge < -0.3 is 5.11 Å². The van der Waals surface area contributed by atoms with Gasteiger partial charge in [-0.2, -0.15) is 4.31 Å². The summed E-state index contributed by atoms with van der Waals surface area (Å²) in [6.45, 7) is 3.60. The van der Waals surface area contributed by atoms with Crippen molar-refractivity contribution in [3.05, 3.63) is 0 Å². The second-order valence-corrected chi connectivity index (χ2v) is 6.44. The maximum Gasteiger partial charge on any atom is 0.324 e. The fourth-order valence-corrected chi connectivity index (χ4v) is 4.05. The third-order valence-electron chi connectivity index (χ3n) is 3.08. The van der Waals surface area contributed by atoms with Crippen LogP contribution in [0.5, 0.6) is 0 Å². The van der Waals surface area contributed by atoms with Gasteiger partial charge in [0, 0.05) is 6.54 Å². The molecule has 0 aromatic carbocycles. The zero-order valence-electron chi connectivity index (χ0n) is 9.77. The Kier molecular flexibility index (Phi) is 3.96. The minimum Gasteiger partial charge on any atom is -0.480 e. The molecule has 1 aliphatic rings. The highest BCUT2D eigenvalue weighted by atomic mass is 32.2. The van der Waals surface area contributed by atoms with Crippen LogP contribution in [0.25, 0.3) is 0 Å². The molecule has 6 heteroatoms. The zero-order chi connectivity index (χ0) is 12.4. The molecular formula is C10H19NO4S. The predicted molar refractivity (Wildman–Crippen MR) is 60.7 cm³/mol. The molecule has 0 radical (unpaired) electrons. The van der Waals surface area contributed by atoms with E-state index in [1.807, 2.05) is 0 Å². The van der Waals surface area contributed by atoms with E-state index in [1.54, 1.807) is 6.92 Å². The third kappa shape index (κ3) is 2.38. The number of hydrogen-bond acceptors (Lipinski definition) is 3. The molecule has 1 fully saturated rings. The molecule has 0 aliphatic carbocycles. The van der Waals surface area contributed by atoms with E-state index >= 15 is 0 Å². The van der Waals surface area contributed by atoms with Gasteiger partial charge in [-0.05, 0) is 32.6 Å². The van der Waals surface area contributed by atoms with Gasteiger partial charge in [-0.25, -0.2) is 8.42 Å². The Morgan fingerprint density at radius 2 is 2.06 bits per heavy atom. The number of carboxylic acids is 1. The Balaban J connectivity index is 3.04. The highest BCUT2D eigenvalue weighted by Crippen LogP contribution is 2.31. The largest absolute Gasteiger partial charge is 0.480 e. The van der Waals surface area contributed by atoms with E-state index in [4.69, 9.17) is 0 Å². The van der Waals surface area contributed by atoms with E-state index in [0.29, 0.717) is 19.4 Å². The highest BCUT2D eigenvalue weighted by molar-refractivity contribution is 7.89. The summed E-state index contributed by atoms with van der Waals surface area (Å²) in [7, 11) is -3.43. The summed E-state index contributed by atoms with van der Waals surface area (Å²) in [4.78, 5) is 11.2. The lowest BCUT2D eigenvalue weighted by atomic mass is 9.91. The minimum atomic E-state index is -3.43. The van der Waals surface area contributed by atoms with Crippen molar-refractivity contribution in [2.45, 2.75) is 45.1 Å². The lowest BCUT2D eigenvalue weighted by Gasteiger charge is -2.40. The van der Waals surface area contributed by atoms with Crippen LogP contribution in [0.4, 0.5) is 0 Å². The molecule has 1 atom stereocenters. The average molecular weight is 249 g/mol.